The number of nitrogens with two attached hydrogens (primary N) is 1. The number of aryl methyl sites for hydroxylation is 2. The SMILES string of the molecule is Cc1ccc(Cl)c(Oc2ccc(CCN)cc2C)c1. The molecule has 0 aromatic heterocycles. The molecule has 19 heavy (non-hydrogen) atoms. The summed E-state index contributed by atoms with van der Waals surface area (Å²) in [6.07, 6.45) is 0.881. The summed E-state index contributed by atoms with van der Waals surface area (Å²) >= 11 is 6.14. The lowest BCUT2D eigenvalue weighted by Crippen LogP contribution is -2.02. The average molecular weight is 276 g/mol. The normalized spacial score (nSPS) is 10.5. The van der Waals surface area contributed by atoms with E-state index in [9.17, 15) is 0 Å². The van der Waals surface area contributed by atoms with E-state index in [0.29, 0.717) is 17.3 Å². The van der Waals surface area contributed by atoms with Gasteiger partial charge < -0.3 is 10.5 Å². The Morgan fingerprint density at radius 2 is 1.84 bits per heavy atom. The molecule has 0 heterocycles. The summed E-state index contributed by atoms with van der Waals surface area (Å²) in [6.45, 7) is 4.70. The summed E-state index contributed by atoms with van der Waals surface area (Å²) in [5.74, 6) is 1.52. The highest BCUT2D eigenvalue weighted by Crippen LogP contribution is 2.32. The Morgan fingerprint density at radius 3 is 2.53 bits per heavy atom. The minimum Gasteiger partial charge on any atom is -0.456 e. The summed E-state index contributed by atoms with van der Waals surface area (Å²) in [5.41, 5.74) is 8.99. The van der Waals surface area contributed by atoms with E-state index in [1.54, 1.807) is 0 Å². The minimum atomic E-state index is 0.621. The van der Waals surface area contributed by atoms with Gasteiger partial charge in [-0.25, -0.2) is 0 Å². The highest BCUT2D eigenvalue weighted by atomic mass is 35.5. The predicted molar refractivity (Wildman–Crippen MR) is 80.2 cm³/mol. The molecule has 0 aliphatic heterocycles. The lowest BCUT2D eigenvalue weighted by atomic mass is 10.1. The fourth-order valence-corrected chi connectivity index (χ4v) is 2.11. The Kier molecular flexibility index (Phi) is 4.46. The molecule has 2 N–H and O–H groups in total. The molecule has 3 heteroatoms. The number of ether oxygens (including phenoxy) is 1. The maximum Gasteiger partial charge on any atom is 0.146 e. The molecule has 0 radical (unpaired) electrons. The van der Waals surface area contributed by atoms with E-state index in [2.05, 4.69) is 6.07 Å². The third-order valence-electron chi connectivity index (χ3n) is 2.98. The Hall–Kier alpha value is -1.51. The molecule has 100 valence electrons. The molecule has 0 saturated heterocycles. The van der Waals surface area contributed by atoms with E-state index < -0.39 is 0 Å². The van der Waals surface area contributed by atoms with Gasteiger partial charge in [0.15, 0.2) is 0 Å². The van der Waals surface area contributed by atoms with E-state index in [4.69, 9.17) is 22.1 Å². The molecular formula is C16H18ClNO. The Morgan fingerprint density at radius 1 is 1.05 bits per heavy atom. The van der Waals surface area contributed by atoms with Gasteiger partial charge in [-0.05, 0) is 61.7 Å². The van der Waals surface area contributed by atoms with Crippen molar-refractivity contribution in [1.82, 2.24) is 0 Å². The first-order valence-corrected chi connectivity index (χ1v) is 6.71. The van der Waals surface area contributed by atoms with E-state index in [1.807, 2.05) is 44.2 Å². The summed E-state index contributed by atoms with van der Waals surface area (Å²) in [5, 5.41) is 0.621. The van der Waals surface area contributed by atoms with Crippen LogP contribution >= 0.6 is 11.6 Å². The van der Waals surface area contributed by atoms with Gasteiger partial charge in [-0.15, -0.1) is 0 Å². The summed E-state index contributed by atoms with van der Waals surface area (Å²) in [7, 11) is 0. The first kappa shape index (κ1) is 13.9. The fraction of sp³-hybridized carbons (Fsp3) is 0.250. The van der Waals surface area contributed by atoms with Crippen LogP contribution in [-0.4, -0.2) is 6.54 Å². The molecular weight excluding hydrogens is 258 g/mol. The lowest BCUT2D eigenvalue weighted by Gasteiger charge is -2.12. The molecule has 0 spiro atoms. The summed E-state index contributed by atoms with van der Waals surface area (Å²) < 4.78 is 5.89. The third-order valence-corrected chi connectivity index (χ3v) is 3.29. The van der Waals surface area contributed by atoms with Crippen molar-refractivity contribution in [2.75, 3.05) is 6.54 Å². The van der Waals surface area contributed by atoms with Crippen LogP contribution < -0.4 is 10.5 Å². The highest BCUT2D eigenvalue weighted by Gasteiger charge is 2.06. The standard InChI is InChI=1S/C16H18ClNO/c1-11-3-5-14(17)16(9-11)19-15-6-4-13(7-8-18)10-12(15)2/h3-6,9-10H,7-8,18H2,1-2H3. The second-order valence-corrected chi connectivity index (χ2v) is 5.08. The molecule has 0 bridgehead atoms. The molecule has 2 rings (SSSR count). The van der Waals surface area contributed by atoms with Crippen molar-refractivity contribution in [3.05, 3.63) is 58.1 Å². The van der Waals surface area contributed by atoms with Gasteiger partial charge in [0.25, 0.3) is 0 Å². The van der Waals surface area contributed by atoms with Crippen LogP contribution in [0.15, 0.2) is 36.4 Å². The zero-order valence-corrected chi connectivity index (χ0v) is 12.0. The van der Waals surface area contributed by atoms with Crippen molar-refractivity contribution in [1.29, 1.82) is 0 Å². The maximum atomic E-state index is 6.14. The summed E-state index contributed by atoms with van der Waals surface area (Å²) in [4.78, 5) is 0. The van der Waals surface area contributed by atoms with Gasteiger partial charge in [-0.3, -0.25) is 0 Å². The molecule has 0 unspecified atom stereocenters. The first-order valence-electron chi connectivity index (χ1n) is 6.34. The zero-order valence-electron chi connectivity index (χ0n) is 11.2. The topological polar surface area (TPSA) is 35.2 Å². The average Bonchev–Trinajstić information content (AvgIpc) is 2.37. The van der Waals surface area contributed by atoms with E-state index in [1.165, 1.54) is 5.56 Å². The van der Waals surface area contributed by atoms with Gasteiger partial charge >= 0.3 is 0 Å². The van der Waals surface area contributed by atoms with Gasteiger partial charge in [0.2, 0.25) is 0 Å². The largest absolute Gasteiger partial charge is 0.456 e. The first-order chi connectivity index (χ1) is 9.10. The van der Waals surface area contributed by atoms with Crippen molar-refractivity contribution >= 4 is 11.6 Å². The van der Waals surface area contributed by atoms with Gasteiger partial charge in [-0.1, -0.05) is 29.8 Å². The van der Waals surface area contributed by atoms with Crippen molar-refractivity contribution in [3.8, 4) is 11.5 Å². The fourth-order valence-electron chi connectivity index (χ4n) is 1.96. The lowest BCUT2D eigenvalue weighted by molar-refractivity contribution is 0.478. The molecule has 0 aliphatic rings. The van der Waals surface area contributed by atoms with Crippen LogP contribution in [0.3, 0.4) is 0 Å². The number of hydrogen-bond donors (Lipinski definition) is 1. The number of benzene rings is 2. The smallest absolute Gasteiger partial charge is 0.146 e. The Labute approximate surface area is 119 Å². The van der Waals surface area contributed by atoms with Crippen molar-refractivity contribution in [2.45, 2.75) is 20.3 Å². The van der Waals surface area contributed by atoms with Crippen LogP contribution in [0.25, 0.3) is 0 Å². The van der Waals surface area contributed by atoms with Gasteiger partial charge in [0, 0.05) is 0 Å². The number of hydrogen-bond acceptors (Lipinski definition) is 2. The molecule has 0 aliphatic carbocycles. The van der Waals surface area contributed by atoms with Crippen molar-refractivity contribution < 1.29 is 4.74 Å². The predicted octanol–water partition coefficient (Wildman–Crippen LogP) is 4.25. The van der Waals surface area contributed by atoms with Gasteiger partial charge in [-0.2, -0.15) is 0 Å². The summed E-state index contributed by atoms with van der Waals surface area (Å²) in [6, 6.07) is 11.9. The molecule has 0 fully saturated rings. The van der Waals surface area contributed by atoms with Crippen LogP contribution in [-0.2, 0) is 6.42 Å². The Balaban J connectivity index is 2.25. The minimum absolute atomic E-state index is 0.621. The zero-order chi connectivity index (χ0) is 13.8. The molecule has 2 nitrogen and oxygen atoms in total. The highest BCUT2D eigenvalue weighted by molar-refractivity contribution is 6.32. The quantitative estimate of drug-likeness (QED) is 0.905. The monoisotopic (exact) mass is 275 g/mol. The maximum absolute atomic E-state index is 6.14. The number of rotatable bonds is 4. The third kappa shape index (κ3) is 3.49. The molecule has 0 atom stereocenters. The molecule has 2 aromatic carbocycles. The Bertz CT molecular complexity index is 581. The number of halogens is 1. The molecule has 2 aromatic rings. The van der Waals surface area contributed by atoms with Crippen LogP contribution in [0, 0.1) is 13.8 Å². The van der Waals surface area contributed by atoms with Crippen LogP contribution in [0.1, 0.15) is 16.7 Å². The van der Waals surface area contributed by atoms with E-state index in [-0.39, 0.29) is 0 Å². The van der Waals surface area contributed by atoms with Crippen molar-refractivity contribution in [3.63, 3.8) is 0 Å². The second kappa shape index (κ2) is 6.09. The van der Waals surface area contributed by atoms with Gasteiger partial charge in [0.05, 0.1) is 5.02 Å². The van der Waals surface area contributed by atoms with Crippen molar-refractivity contribution in [2.24, 2.45) is 5.73 Å². The van der Waals surface area contributed by atoms with E-state index >= 15 is 0 Å². The molecule has 0 saturated carbocycles. The molecule has 0 amide bonds. The van der Waals surface area contributed by atoms with Crippen LogP contribution in [0.5, 0.6) is 11.5 Å². The van der Waals surface area contributed by atoms with Crippen LogP contribution in [0.2, 0.25) is 5.02 Å². The van der Waals surface area contributed by atoms with Crippen LogP contribution in [0.4, 0.5) is 0 Å². The second-order valence-electron chi connectivity index (χ2n) is 4.67. The van der Waals surface area contributed by atoms with Gasteiger partial charge in [0.1, 0.15) is 11.5 Å². The van der Waals surface area contributed by atoms with E-state index in [0.717, 1.165) is 23.3 Å².